The number of benzene rings is 2. The Bertz CT molecular complexity index is 788. The fraction of sp³-hybridized carbons (Fsp3) is 0.211. The molecular formula is C19H20BNO4. The summed E-state index contributed by atoms with van der Waals surface area (Å²) in [5.41, 5.74) is 2.40. The molecule has 0 heterocycles. The number of para-hydroxylation sites is 1. The standard InChI is InChI=1S/C19H20BNO4/c1-2-25-18(23)11-10-17(22)21-16-9-4-3-8-15(16)19(24)13-6-5-7-14(20)12-13/h3-9,12H,2,10-11,20H2,1H3,(H,21,22). The summed E-state index contributed by atoms with van der Waals surface area (Å²) in [6, 6.07) is 14.1. The summed E-state index contributed by atoms with van der Waals surface area (Å²) in [7, 11) is 1.92. The highest BCUT2D eigenvalue weighted by molar-refractivity contribution is 6.33. The summed E-state index contributed by atoms with van der Waals surface area (Å²) in [4.78, 5) is 36.1. The van der Waals surface area contributed by atoms with Gasteiger partial charge in [-0.2, -0.15) is 0 Å². The van der Waals surface area contributed by atoms with Crippen LogP contribution >= 0.6 is 0 Å². The Hall–Kier alpha value is -2.89. The minimum Gasteiger partial charge on any atom is -0.466 e. The smallest absolute Gasteiger partial charge is 0.306 e. The number of hydrogen-bond acceptors (Lipinski definition) is 4. The van der Waals surface area contributed by atoms with Gasteiger partial charge in [0.05, 0.1) is 18.7 Å². The Morgan fingerprint density at radius 2 is 1.80 bits per heavy atom. The highest BCUT2D eigenvalue weighted by Crippen LogP contribution is 2.19. The predicted octanol–water partition coefficient (Wildman–Crippen LogP) is 1.46. The first kappa shape index (κ1) is 18.5. The van der Waals surface area contributed by atoms with E-state index in [1.165, 1.54) is 0 Å². The summed E-state index contributed by atoms with van der Waals surface area (Å²) in [6.07, 6.45) is 0.0134. The molecule has 0 spiro atoms. The van der Waals surface area contributed by atoms with Gasteiger partial charge in [0.15, 0.2) is 5.78 Å². The van der Waals surface area contributed by atoms with E-state index in [4.69, 9.17) is 4.74 Å². The van der Waals surface area contributed by atoms with Crippen molar-refractivity contribution in [2.75, 3.05) is 11.9 Å². The highest BCUT2D eigenvalue weighted by Gasteiger charge is 2.15. The zero-order valence-electron chi connectivity index (χ0n) is 14.4. The molecule has 0 atom stereocenters. The second kappa shape index (κ2) is 8.82. The van der Waals surface area contributed by atoms with Crippen LogP contribution in [-0.2, 0) is 14.3 Å². The fourth-order valence-electron chi connectivity index (χ4n) is 2.39. The Labute approximate surface area is 147 Å². The summed E-state index contributed by atoms with van der Waals surface area (Å²) in [5.74, 6) is -0.913. The number of anilines is 1. The van der Waals surface area contributed by atoms with Crippen molar-refractivity contribution >= 4 is 36.7 Å². The summed E-state index contributed by atoms with van der Waals surface area (Å²) < 4.78 is 4.80. The molecule has 0 saturated heterocycles. The molecule has 0 aliphatic carbocycles. The van der Waals surface area contributed by atoms with Gasteiger partial charge in [-0.3, -0.25) is 14.4 Å². The van der Waals surface area contributed by atoms with Gasteiger partial charge in [0.1, 0.15) is 7.85 Å². The van der Waals surface area contributed by atoms with Gasteiger partial charge in [0.25, 0.3) is 0 Å². The summed E-state index contributed by atoms with van der Waals surface area (Å²) in [5, 5.41) is 2.71. The molecule has 0 aromatic heterocycles. The Balaban J connectivity index is 2.11. The van der Waals surface area contributed by atoms with Crippen LogP contribution < -0.4 is 10.8 Å². The van der Waals surface area contributed by atoms with Gasteiger partial charge in [-0.1, -0.05) is 41.9 Å². The van der Waals surface area contributed by atoms with Crippen LogP contribution in [0.1, 0.15) is 35.7 Å². The van der Waals surface area contributed by atoms with Gasteiger partial charge in [0.2, 0.25) is 5.91 Å². The van der Waals surface area contributed by atoms with Crippen LogP contribution in [-0.4, -0.2) is 32.1 Å². The van der Waals surface area contributed by atoms with Crippen molar-refractivity contribution in [3.05, 3.63) is 59.7 Å². The number of amides is 1. The lowest BCUT2D eigenvalue weighted by molar-refractivity contribution is -0.144. The molecule has 0 aliphatic rings. The van der Waals surface area contributed by atoms with E-state index in [0.29, 0.717) is 16.8 Å². The van der Waals surface area contributed by atoms with Crippen LogP contribution in [0, 0.1) is 0 Å². The molecule has 2 aromatic carbocycles. The molecule has 1 amide bonds. The van der Waals surface area contributed by atoms with Crippen molar-refractivity contribution in [2.45, 2.75) is 19.8 Å². The number of ketones is 1. The largest absolute Gasteiger partial charge is 0.466 e. The van der Waals surface area contributed by atoms with Crippen LogP contribution in [0.2, 0.25) is 0 Å². The van der Waals surface area contributed by atoms with E-state index in [1.54, 1.807) is 37.3 Å². The molecule has 1 N–H and O–H groups in total. The Morgan fingerprint density at radius 1 is 1.04 bits per heavy atom. The van der Waals surface area contributed by atoms with Crippen LogP contribution in [0.5, 0.6) is 0 Å². The lowest BCUT2D eigenvalue weighted by Gasteiger charge is -2.11. The maximum Gasteiger partial charge on any atom is 0.306 e. The molecule has 2 aromatic rings. The topological polar surface area (TPSA) is 72.5 Å². The zero-order valence-corrected chi connectivity index (χ0v) is 14.4. The third kappa shape index (κ3) is 5.31. The molecule has 0 unspecified atom stereocenters. The van der Waals surface area contributed by atoms with E-state index in [9.17, 15) is 14.4 Å². The van der Waals surface area contributed by atoms with Crippen molar-refractivity contribution in [2.24, 2.45) is 0 Å². The number of rotatable bonds is 7. The number of nitrogens with one attached hydrogen (secondary N) is 1. The molecular weight excluding hydrogens is 317 g/mol. The van der Waals surface area contributed by atoms with Gasteiger partial charge < -0.3 is 10.1 Å². The third-order valence-corrected chi connectivity index (χ3v) is 3.59. The maximum absolute atomic E-state index is 12.7. The quantitative estimate of drug-likeness (QED) is 0.472. The molecule has 5 nitrogen and oxygen atoms in total. The van der Waals surface area contributed by atoms with Crippen molar-refractivity contribution in [3.63, 3.8) is 0 Å². The van der Waals surface area contributed by atoms with Crippen LogP contribution in [0.15, 0.2) is 48.5 Å². The SMILES string of the molecule is Bc1cccc(C(=O)c2ccccc2NC(=O)CCC(=O)OCC)c1. The number of ether oxygens (including phenoxy) is 1. The first-order chi connectivity index (χ1) is 12.0. The summed E-state index contributed by atoms with van der Waals surface area (Å²) in [6.45, 7) is 2.00. The maximum atomic E-state index is 12.7. The lowest BCUT2D eigenvalue weighted by atomic mass is 9.92. The molecule has 0 aliphatic heterocycles. The number of carbonyl (C=O) groups is 3. The first-order valence-corrected chi connectivity index (χ1v) is 8.17. The fourth-order valence-corrected chi connectivity index (χ4v) is 2.39. The lowest BCUT2D eigenvalue weighted by Crippen LogP contribution is -2.17. The van der Waals surface area contributed by atoms with E-state index in [2.05, 4.69) is 5.32 Å². The number of hydrogen-bond donors (Lipinski definition) is 1. The molecule has 0 saturated carbocycles. The van der Waals surface area contributed by atoms with Gasteiger partial charge in [-0.15, -0.1) is 0 Å². The second-order valence-electron chi connectivity index (χ2n) is 5.60. The first-order valence-electron chi connectivity index (χ1n) is 8.17. The van der Waals surface area contributed by atoms with Crippen LogP contribution in [0.4, 0.5) is 5.69 Å². The van der Waals surface area contributed by atoms with Crippen LogP contribution in [0.3, 0.4) is 0 Å². The van der Waals surface area contributed by atoms with Crippen molar-refractivity contribution in [3.8, 4) is 0 Å². The average molecular weight is 337 g/mol. The number of carbonyl (C=O) groups excluding carboxylic acids is 3. The van der Waals surface area contributed by atoms with Crippen molar-refractivity contribution < 1.29 is 19.1 Å². The van der Waals surface area contributed by atoms with Gasteiger partial charge in [-0.25, -0.2) is 0 Å². The number of esters is 1. The Kier molecular flexibility index (Phi) is 6.51. The van der Waals surface area contributed by atoms with E-state index in [1.807, 2.05) is 26.0 Å². The van der Waals surface area contributed by atoms with E-state index in [-0.39, 0.29) is 31.1 Å². The zero-order chi connectivity index (χ0) is 18.2. The predicted molar refractivity (Wildman–Crippen MR) is 99.0 cm³/mol. The van der Waals surface area contributed by atoms with Gasteiger partial charge in [-0.05, 0) is 19.1 Å². The van der Waals surface area contributed by atoms with E-state index < -0.39 is 5.97 Å². The average Bonchev–Trinajstić information content (AvgIpc) is 2.60. The molecule has 6 heteroatoms. The molecule has 2 rings (SSSR count). The van der Waals surface area contributed by atoms with Gasteiger partial charge in [0, 0.05) is 17.5 Å². The minimum absolute atomic E-state index is 0.00576. The van der Waals surface area contributed by atoms with Gasteiger partial charge >= 0.3 is 5.97 Å². The molecule has 128 valence electrons. The molecule has 0 radical (unpaired) electrons. The van der Waals surface area contributed by atoms with E-state index >= 15 is 0 Å². The van der Waals surface area contributed by atoms with Crippen molar-refractivity contribution in [1.82, 2.24) is 0 Å². The van der Waals surface area contributed by atoms with Crippen LogP contribution in [0.25, 0.3) is 0 Å². The third-order valence-electron chi connectivity index (χ3n) is 3.59. The van der Waals surface area contributed by atoms with E-state index in [0.717, 1.165) is 5.46 Å². The normalized spacial score (nSPS) is 10.1. The molecule has 0 bridgehead atoms. The molecule has 0 fully saturated rings. The summed E-state index contributed by atoms with van der Waals surface area (Å²) >= 11 is 0. The molecule has 25 heavy (non-hydrogen) atoms. The van der Waals surface area contributed by atoms with Crippen molar-refractivity contribution in [1.29, 1.82) is 0 Å². The second-order valence-corrected chi connectivity index (χ2v) is 5.60. The minimum atomic E-state index is -0.415. The highest BCUT2D eigenvalue weighted by atomic mass is 16.5. The Morgan fingerprint density at radius 3 is 2.52 bits per heavy atom. The monoisotopic (exact) mass is 337 g/mol.